The Kier molecular flexibility index (Phi) is 4.60. The fourth-order valence-corrected chi connectivity index (χ4v) is 2.24. The lowest BCUT2D eigenvalue weighted by atomic mass is 9.88. The quantitative estimate of drug-likeness (QED) is 0.909. The number of rotatable bonds is 4. The van der Waals surface area contributed by atoms with Crippen molar-refractivity contribution in [3.05, 3.63) is 11.2 Å². The highest BCUT2D eigenvalue weighted by atomic mass is 35.5. The van der Waals surface area contributed by atoms with Crippen molar-refractivity contribution in [2.75, 3.05) is 13.7 Å². The maximum Gasteiger partial charge on any atom is 0.319 e. The second-order valence-corrected chi connectivity index (χ2v) is 4.86. The third kappa shape index (κ3) is 3.23. The van der Waals surface area contributed by atoms with Gasteiger partial charge in [0.1, 0.15) is 11.1 Å². The van der Waals surface area contributed by atoms with Crippen LogP contribution in [0, 0.1) is 5.92 Å². The Balaban J connectivity index is 1.97. The molecule has 100 valence electrons. The molecule has 1 saturated carbocycles. The highest BCUT2D eigenvalue weighted by Crippen LogP contribution is 2.30. The van der Waals surface area contributed by atoms with Crippen molar-refractivity contribution in [1.29, 1.82) is 0 Å². The molecular formula is C12H17ClN2O3. The summed E-state index contributed by atoms with van der Waals surface area (Å²) in [5.74, 6) is 0.774. The van der Waals surface area contributed by atoms with E-state index in [4.69, 9.17) is 26.2 Å². The van der Waals surface area contributed by atoms with Crippen molar-refractivity contribution in [1.82, 2.24) is 9.97 Å². The van der Waals surface area contributed by atoms with E-state index in [1.165, 1.54) is 13.3 Å². The Morgan fingerprint density at radius 1 is 1.39 bits per heavy atom. The average molecular weight is 273 g/mol. The van der Waals surface area contributed by atoms with Gasteiger partial charge in [0, 0.05) is 6.61 Å². The van der Waals surface area contributed by atoms with Gasteiger partial charge in [-0.15, -0.1) is 0 Å². The molecule has 1 fully saturated rings. The SMILES string of the molecule is COc1ncc(Cl)c(OC2CCC(CO)CC2)n1. The number of aliphatic hydroxyl groups excluding tert-OH is 1. The molecule has 2 rings (SSSR count). The maximum absolute atomic E-state index is 9.08. The molecule has 0 spiro atoms. The zero-order valence-electron chi connectivity index (χ0n) is 10.3. The number of nitrogens with zero attached hydrogens (tertiary/aromatic N) is 2. The Bertz CT molecular complexity index is 395. The first-order chi connectivity index (χ1) is 8.72. The minimum absolute atomic E-state index is 0.102. The molecule has 1 aromatic rings. The van der Waals surface area contributed by atoms with Crippen LogP contribution in [0.15, 0.2) is 6.20 Å². The van der Waals surface area contributed by atoms with Gasteiger partial charge in [-0.2, -0.15) is 4.98 Å². The summed E-state index contributed by atoms with van der Waals surface area (Å²) in [4.78, 5) is 7.98. The Morgan fingerprint density at radius 2 is 2.11 bits per heavy atom. The maximum atomic E-state index is 9.08. The summed E-state index contributed by atoms with van der Waals surface area (Å²) >= 11 is 5.98. The van der Waals surface area contributed by atoms with Gasteiger partial charge >= 0.3 is 6.01 Å². The van der Waals surface area contributed by atoms with Crippen LogP contribution in [0.4, 0.5) is 0 Å². The number of aliphatic hydroxyl groups is 1. The molecule has 0 aliphatic heterocycles. The summed E-state index contributed by atoms with van der Waals surface area (Å²) in [5, 5.41) is 9.47. The van der Waals surface area contributed by atoms with Crippen molar-refractivity contribution >= 4 is 11.6 Å². The summed E-state index contributed by atoms with van der Waals surface area (Å²) in [5.41, 5.74) is 0. The summed E-state index contributed by atoms with van der Waals surface area (Å²) in [6, 6.07) is 0.249. The first kappa shape index (κ1) is 13.4. The lowest BCUT2D eigenvalue weighted by Crippen LogP contribution is -2.26. The zero-order chi connectivity index (χ0) is 13.0. The van der Waals surface area contributed by atoms with Crippen molar-refractivity contribution in [3.63, 3.8) is 0 Å². The van der Waals surface area contributed by atoms with E-state index in [2.05, 4.69) is 9.97 Å². The van der Waals surface area contributed by atoms with E-state index in [0.717, 1.165) is 25.7 Å². The molecule has 0 aromatic carbocycles. The summed E-state index contributed by atoms with van der Waals surface area (Å²) in [6.45, 7) is 0.259. The third-order valence-electron chi connectivity index (χ3n) is 3.20. The van der Waals surface area contributed by atoms with Crippen LogP contribution in [0.3, 0.4) is 0 Å². The van der Waals surface area contributed by atoms with Crippen molar-refractivity contribution in [2.24, 2.45) is 5.92 Å². The predicted molar refractivity (Wildman–Crippen MR) is 67.1 cm³/mol. The molecule has 1 aromatic heterocycles. The first-order valence-corrected chi connectivity index (χ1v) is 6.44. The minimum Gasteiger partial charge on any atom is -0.473 e. The second kappa shape index (κ2) is 6.20. The molecule has 0 unspecified atom stereocenters. The summed E-state index contributed by atoms with van der Waals surface area (Å²) < 4.78 is 10.7. The van der Waals surface area contributed by atoms with Gasteiger partial charge in [-0.3, -0.25) is 0 Å². The van der Waals surface area contributed by atoms with Crippen molar-refractivity contribution < 1.29 is 14.6 Å². The predicted octanol–water partition coefficient (Wildman–Crippen LogP) is 2.07. The van der Waals surface area contributed by atoms with Crippen LogP contribution in [0.25, 0.3) is 0 Å². The smallest absolute Gasteiger partial charge is 0.319 e. The monoisotopic (exact) mass is 272 g/mol. The van der Waals surface area contributed by atoms with E-state index in [1.807, 2.05) is 0 Å². The Morgan fingerprint density at radius 3 is 2.72 bits per heavy atom. The Labute approximate surface area is 111 Å². The van der Waals surface area contributed by atoms with E-state index in [-0.39, 0.29) is 18.7 Å². The van der Waals surface area contributed by atoms with Gasteiger partial charge in [0.15, 0.2) is 0 Å². The van der Waals surface area contributed by atoms with Gasteiger partial charge in [0.05, 0.1) is 13.3 Å². The molecule has 1 N–H and O–H groups in total. The summed E-state index contributed by atoms with van der Waals surface area (Å²) in [7, 11) is 1.50. The lowest BCUT2D eigenvalue weighted by molar-refractivity contribution is 0.0998. The molecule has 6 heteroatoms. The van der Waals surface area contributed by atoms with E-state index < -0.39 is 0 Å². The molecule has 18 heavy (non-hydrogen) atoms. The molecule has 5 nitrogen and oxygen atoms in total. The molecule has 0 radical (unpaired) electrons. The van der Waals surface area contributed by atoms with Crippen LogP contribution in [0.2, 0.25) is 5.02 Å². The highest BCUT2D eigenvalue weighted by molar-refractivity contribution is 6.31. The lowest BCUT2D eigenvalue weighted by Gasteiger charge is -2.27. The number of ether oxygens (including phenoxy) is 2. The number of methoxy groups -OCH3 is 1. The van der Waals surface area contributed by atoms with E-state index >= 15 is 0 Å². The molecule has 0 saturated heterocycles. The van der Waals surface area contributed by atoms with Gasteiger partial charge in [-0.25, -0.2) is 4.98 Å². The highest BCUT2D eigenvalue weighted by Gasteiger charge is 2.23. The van der Waals surface area contributed by atoms with E-state index in [1.54, 1.807) is 0 Å². The largest absolute Gasteiger partial charge is 0.473 e. The Hall–Kier alpha value is -1.07. The molecule has 0 amide bonds. The molecule has 1 aliphatic rings. The molecule has 1 heterocycles. The standard InChI is InChI=1S/C12H17ClN2O3/c1-17-12-14-6-10(13)11(15-12)18-9-4-2-8(7-16)3-5-9/h6,8-9,16H,2-5,7H2,1H3. The molecule has 1 aliphatic carbocycles. The van der Waals surface area contributed by atoms with Gasteiger partial charge in [0.25, 0.3) is 0 Å². The van der Waals surface area contributed by atoms with Crippen LogP contribution < -0.4 is 9.47 Å². The number of aromatic nitrogens is 2. The third-order valence-corrected chi connectivity index (χ3v) is 3.46. The van der Waals surface area contributed by atoms with Crippen LogP contribution in [-0.4, -0.2) is 34.9 Å². The molecule has 0 atom stereocenters. The fraction of sp³-hybridized carbons (Fsp3) is 0.667. The topological polar surface area (TPSA) is 64.5 Å². The summed E-state index contributed by atoms with van der Waals surface area (Å²) in [6.07, 6.45) is 5.34. The fourth-order valence-electron chi connectivity index (χ4n) is 2.11. The van der Waals surface area contributed by atoms with Crippen LogP contribution in [0.1, 0.15) is 25.7 Å². The number of hydrogen-bond donors (Lipinski definition) is 1. The first-order valence-electron chi connectivity index (χ1n) is 6.07. The van der Waals surface area contributed by atoms with E-state index in [0.29, 0.717) is 16.8 Å². The van der Waals surface area contributed by atoms with Crippen LogP contribution in [0.5, 0.6) is 11.9 Å². The number of hydrogen-bond acceptors (Lipinski definition) is 5. The normalized spacial score (nSPS) is 23.7. The average Bonchev–Trinajstić information content (AvgIpc) is 2.42. The van der Waals surface area contributed by atoms with E-state index in [9.17, 15) is 0 Å². The van der Waals surface area contributed by atoms with Gasteiger partial charge in [-0.1, -0.05) is 11.6 Å². The second-order valence-electron chi connectivity index (χ2n) is 4.45. The number of halogens is 1. The van der Waals surface area contributed by atoms with Crippen molar-refractivity contribution in [3.8, 4) is 11.9 Å². The molecular weight excluding hydrogens is 256 g/mol. The van der Waals surface area contributed by atoms with Crippen LogP contribution in [-0.2, 0) is 0 Å². The van der Waals surface area contributed by atoms with Gasteiger partial charge in [-0.05, 0) is 31.6 Å². The minimum atomic E-state index is 0.102. The molecule has 0 bridgehead atoms. The van der Waals surface area contributed by atoms with Crippen LogP contribution >= 0.6 is 11.6 Å². The zero-order valence-corrected chi connectivity index (χ0v) is 11.1. The van der Waals surface area contributed by atoms with Gasteiger partial charge in [0.2, 0.25) is 5.88 Å². The van der Waals surface area contributed by atoms with Crippen molar-refractivity contribution in [2.45, 2.75) is 31.8 Å². The van der Waals surface area contributed by atoms with Gasteiger partial charge < -0.3 is 14.6 Å².